The number of rotatable bonds is 5. The lowest BCUT2D eigenvalue weighted by molar-refractivity contribution is -0.137. The lowest BCUT2D eigenvalue weighted by atomic mass is 10.1. The topological polar surface area (TPSA) is 57.6 Å². The number of carbonyl (C=O) groups excluding carboxylic acids is 1. The fourth-order valence-electron chi connectivity index (χ4n) is 1.99. The molecule has 1 aliphatic carbocycles. The maximum Gasteiger partial charge on any atom is 0.323 e. The van der Waals surface area contributed by atoms with Gasteiger partial charge in [0.05, 0.1) is 5.56 Å². The summed E-state index contributed by atoms with van der Waals surface area (Å²) in [5, 5.41) is 8.83. The van der Waals surface area contributed by atoms with Gasteiger partial charge >= 0.3 is 5.97 Å². The lowest BCUT2D eigenvalue weighted by Gasteiger charge is -2.21. The van der Waals surface area contributed by atoms with E-state index in [-0.39, 0.29) is 17.0 Å². The van der Waals surface area contributed by atoms with Crippen LogP contribution in [0.3, 0.4) is 0 Å². The van der Waals surface area contributed by atoms with Crippen molar-refractivity contribution in [1.29, 1.82) is 0 Å². The van der Waals surface area contributed by atoms with Crippen LogP contribution in [-0.2, 0) is 4.79 Å². The molecule has 0 spiro atoms. The predicted molar refractivity (Wildman–Crippen MR) is 67.4 cm³/mol. The zero-order valence-electron chi connectivity index (χ0n) is 11.0. The van der Waals surface area contributed by atoms with Gasteiger partial charge in [0.2, 0.25) is 0 Å². The van der Waals surface area contributed by atoms with Crippen LogP contribution in [0.4, 0.5) is 8.78 Å². The highest BCUT2D eigenvalue weighted by Gasteiger charge is 2.29. The Morgan fingerprint density at radius 2 is 1.95 bits per heavy atom. The van der Waals surface area contributed by atoms with Crippen LogP contribution >= 0.6 is 0 Å². The third-order valence-corrected chi connectivity index (χ3v) is 3.27. The number of hydrogen-bond donors (Lipinski definition) is 1. The summed E-state index contributed by atoms with van der Waals surface area (Å²) < 4.78 is 26.9. The number of amides is 1. The molecule has 0 atom stereocenters. The second kappa shape index (κ2) is 5.56. The maximum absolute atomic E-state index is 13.7. The first-order valence-corrected chi connectivity index (χ1v) is 6.35. The second-order valence-corrected chi connectivity index (χ2v) is 5.10. The normalized spacial score (nSPS) is 14.2. The highest BCUT2D eigenvalue weighted by molar-refractivity contribution is 5.96. The van der Waals surface area contributed by atoms with Crippen molar-refractivity contribution in [2.75, 3.05) is 13.1 Å². The van der Waals surface area contributed by atoms with Gasteiger partial charge in [-0.3, -0.25) is 9.59 Å². The van der Waals surface area contributed by atoms with Gasteiger partial charge < -0.3 is 10.0 Å². The van der Waals surface area contributed by atoms with Crippen molar-refractivity contribution >= 4 is 11.9 Å². The monoisotopic (exact) mass is 283 g/mol. The number of hydrogen-bond acceptors (Lipinski definition) is 2. The number of carboxylic acids is 1. The largest absolute Gasteiger partial charge is 0.480 e. The summed E-state index contributed by atoms with van der Waals surface area (Å²) in [6, 6.07) is 1.77. The molecule has 4 nitrogen and oxygen atoms in total. The van der Waals surface area contributed by atoms with Gasteiger partial charge in [-0.05, 0) is 37.3 Å². The Bertz CT molecular complexity index is 556. The minimum Gasteiger partial charge on any atom is -0.480 e. The second-order valence-electron chi connectivity index (χ2n) is 5.10. The Morgan fingerprint density at radius 3 is 2.50 bits per heavy atom. The van der Waals surface area contributed by atoms with Crippen LogP contribution in [0.25, 0.3) is 0 Å². The van der Waals surface area contributed by atoms with E-state index in [1.165, 1.54) is 6.92 Å². The molecule has 1 aliphatic rings. The van der Waals surface area contributed by atoms with Crippen molar-refractivity contribution in [3.63, 3.8) is 0 Å². The van der Waals surface area contributed by atoms with Crippen LogP contribution in [-0.4, -0.2) is 35.0 Å². The number of aryl methyl sites for hydroxylation is 1. The van der Waals surface area contributed by atoms with Gasteiger partial charge in [0, 0.05) is 12.6 Å². The minimum absolute atomic E-state index is 0.149. The van der Waals surface area contributed by atoms with Gasteiger partial charge in [-0.15, -0.1) is 0 Å². The van der Waals surface area contributed by atoms with Gasteiger partial charge in [0.1, 0.15) is 18.2 Å². The molecule has 1 fully saturated rings. The molecule has 0 radical (unpaired) electrons. The molecule has 0 aliphatic heterocycles. The Morgan fingerprint density at radius 1 is 1.30 bits per heavy atom. The fraction of sp³-hybridized carbons (Fsp3) is 0.429. The van der Waals surface area contributed by atoms with Crippen molar-refractivity contribution in [2.24, 2.45) is 5.92 Å². The van der Waals surface area contributed by atoms with Crippen LogP contribution in [0.15, 0.2) is 12.1 Å². The van der Waals surface area contributed by atoms with Crippen molar-refractivity contribution < 1.29 is 23.5 Å². The average Bonchev–Trinajstić information content (AvgIpc) is 3.15. The van der Waals surface area contributed by atoms with Crippen molar-refractivity contribution in [3.8, 4) is 0 Å². The van der Waals surface area contributed by atoms with Gasteiger partial charge in [-0.25, -0.2) is 8.78 Å². The Hall–Kier alpha value is -1.98. The van der Waals surface area contributed by atoms with Gasteiger partial charge in [-0.2, -0.15) is 0 Å². The fourth-order valence-corrected chi connectivity index (χ4v) is 1.99. The molecule has 1 aromatic rings. The molecule has 2 rings (SSSR count). The van der Waals surface area contributed by atoms with E-state index < -0.39 is 30.1 Å². The van der Waals surface area contributed by atoms with Crippen LogP contribution in [0, 0.1) is 24.5 Å². The molecule has 0 saturated heterocycles. The smallest absolute Gasteiger partial charge is 0.323 e. The van der Waals surface area contributed by atoms with Gasteiger partial charge in [0.25, 0.3) is 5.91 Å². The van der Waals surface area contributed by atoms with E-state index in [2.05, 4.69) is 0 Å². The van der Waals surface area contributed by atoms with E-state index in [1.54, 1.807) is 0 Å². The quantitative estimate of drug-likeness (QED) is 0.901. The van der Waals surface area contributed by atoms with E-state index in [4.69, 9.17) is 5.11 Å². The highest BCUT2D eigenvalue weighted by Crippen LogP contribution is 2.30. The molecule has 0 heterocycles. The number of carboxylic acid groups (broad SMARTS) is 1. The minimum atomic E-state index is -1.15. The Balaban J connectivity index is 2.25. The first-order chi connectivity index (χ1) is 9.38. The standard InChI is InChI=1S/C14H15F2NO3/c1-8-4-10(12(16)5-11(8)15)14(20)17(7-13(18)19)6-9-2-3-9/h4-5,9H,2-3,6-7H2,1H3,(H,18,19). The van der Waals surface area contributed by atoms with Crippen molar-refractivity contribution in [2.45, 2.75) is 19.8 Å². The summed E-state index contributed by atoms with van der Waals surface area (Å²) in [5.74, 6) is -3.28. The third kappa shape index (κ3) is 3.31. The van der Waals surface area contributed by atoms with Crippen LogP contribution in [0.2, 0.25) is 0 Å². The molecule has 0 aromatic heterocycles. The average molecular weight is 283 g/mol. The van der Waals surface area contributed by atoms with Crippen LogP contribution in [0.5, 0.6) is 0 Å². The summed E-state index contributed by atoms with van der Waals surface area (Å²) in [4.78, 5) is 24.1. The van der Waals surface area contributed by atoms with E-state index in [0.29, 0.717) is 12.6 Å². The van der Waals surface area contributed by atoms with Crippen molar-refractivity contribution in [3.05, 3.63) is 34.9 Å². The summed E-state index contributed by atoms with van der Waals surface area (Å²) in [7, 11) is 0. The number of benzene rings is 1. The molecular weight excluding hydrogens is 268 g/mol. The lowest BCUT2D eigenvalue weighted by Crippen LogP contribution is -2.37. The van der Waals surface area contributed by atoms with E-state index in [0.717, 1.165) is 23.8 Å². The van der Waals surface area contributed by atoms with E-state index >= 15 is 0 Å². The predicted octanol–water partition coefficient (Wildman–Crippen LogP) is 2.21. The highest BCUT2D eigenvalue weighted by atomic mass is 19.1. The van der Waals surface area contributed by atoms with E-state index in [1.807, 2.05) is 0 Å². The third-order valence-electron chi connectivity index (χ3n) is 3.27. The summed E-state index contributed by atoms with van der Waals surface area (Å²) in [6.07, 6.45) is 1.88. The number of nitrogens with zero attached hydrogens (tertiary/aromatic N) is 1. The molecule has 1 N–H and O–H groups in total. The summed E-state index contributed by atoms with van der Waals surface area (Å²) in [5.41, 5.74) is -0.137. The first-order valence-electron chi connectivity index (χ1n) is 6.35. The van der Waals surface area contributed by atoms with Crippen LogP contribution < -0.4 is 0 Å². The molecule has 108 valence electrons. The van der Waals surface area contributed by atoms with Gasteiger partial charge in [-0.1, -0.05) is 0 Å². The summed E-state index contributed by atoms with van der Waals surface area (Å²) in [6.45, 7) is 1.24. The SMILES string of the molecule is Cc1cc(C(=O)N(CC(=O)O)CC2CC2)c(F)cc1F. The molecular formula is C14H15F2NO3. The zero-order chi connectivity index (χ0) is 14.9. The first kappa shape index (κ1) is 14.4. The molecule has 1 aromatic carbocycles. The zero-order valence-corrected chi connectivity index (χ0v) is 11.0. The molecule has 0 bridgehead atoms. The molecule has 0 unspecified atom stereocenters. The molecule has 20 heavy (non-hydrogen) atoms. The number of halogens is 2. The van der Waals surface area contributed by atoms with Crippen molar-refractivity contribution in [1.82, 2.24) is 4.90 Å². The molecule has 1 amide bonds. The van der Waals surface area contributed by atoms with Crippen LogP contribution in [0.1, 0.15) is 28.8 Å². The number of carbonyl (C=O) groups is 2. The molecule has 1 saturated carbocycles. The van der Waals surface area contributed by atoms with Gasteiger partial charge in [0.15, 0.2) is 0 Å². The number of aliphatic carboxylic acids is 1. The maximum atomic E-state index is 13.7. The molecule has 6 heteroatoms. The van der Waals surface area contributed by atoms with E-state index in [9.17, 15) is 18.4 Å². The Kier molecular flexibility index (Phi) is 4.01. The Labute approximate surface area is 115 Å². The summed E-state index contributed by atoms with van der Waals surface area (Å²) >= 11 is 0.